The Labute approximate surface area is 203 Å². The van der Waals surface area contributed by atoms with Gasteiger partial charge in [-0.3, -0.25) is 4.79 Å². The second kappa shape index (κ2) is 7.40. The number of Topliss-reactive ketones (excluding diaryl/α,β-unsaturated/α-hetero) is 1. The van der Waals surface area contributed by atoms with Crippen molar-refractivity contribution in [3.63, 3.8) is 0 Å². The van der Waals surface area contributed by atoms with E-state index in [9.17, 15) is 4.79 Å². The van der Waals surface area contributed by atoms with Gasteiger partial charge in [0.05, 0.1) is 18.3 Å². The Balaban J connectivity index is 1.53. The van der Waals surface area contributed by atoms with E-state index in [1.165, 1.54) is 19.3 Å². The average Bonchev–Trinajstić information content (AvgIpc) is 3.15. The number of carbonyl (C=O) groups is 1. The number of carbonyl (C=O) groups excluding carboxylic acids is 1. The molecule has 0 aromatic rings. The molecule has 4 aliphatic carbocycles. The minimum Gasteiger partial charge on any atom is -0.413 e. The topological polar surface area (TPSA) is 44.8 Å². The lowest BCUT2D eigenvalue weighted by Gasteiger charge is -2.62. The van der Waals surface area contributed by atoms with Crippen molar-refractivity contribution in [1.29, 1.82) is 0 Å². The van der Waals surface area contributed by atoms with Gasteiger partial charge in [0.1, 0.15) is 5.78 Å². The van der Waals surface area contributed by atoms with E-state index in [2.05, 4.69) is 61.6 Å². The fraction of sp³-hybridized carbons (Fsp3) is 0.964. The first-order valence-corrected chi connectivity index (χ1v) is 16.6. The van der Waals surface area contributed by atoms with E-state index in [1.807, 2.05) is 0 Å². The van der Waals surface area contributed by atoms with Crippen molar-refractivity contribution in [1.82, 2.24) is 0 Å². The third kappa shape index (κ3) is 3.49. The summed E-state index contributed by atoms with van der Waals surface area (Å²) in [7, 11) is -1.92. The molecule has 0 N–H and O–H groups in total. The lowest BCUT2D eigenvalue weighted by molar-refractivity contribution is -0.188. The zero-order chi connectivity index (χ0) is 24.2. The van der Waals surface area contributed by atoms with Gasteiger partial charge in [0, 0.05) is 23.7 Å². The van der Waals surface area contributed by atoms with Gasteiger partial charge in [-0.2, -0.15) is 0 Å². The van der Waals surface area contributed by atoms with Crippen molar-refractivity contribution in [2.75, 3.05) is 0 Å². The van der Waals surface area contributed by atoms with E-state index < -0.39 is 14.1 Å². The third-order valence-electron chi connectivity index (χ3n) is 11.3. The van der Waals surface area contributed by atoms with Gasteiger partial charge in [-0.05, 0) is 74.9 Å². The summed E-state index contributed by atoms with van der Waals surface area (Å²) in [6.07, 6.45) is 8.08. The fourth-order valence-electron chi connectivity index (χ4n) is 8.73. The van der Waals surface area contributed by atoms with Crippen LogP contribution in [0.15, 0.2) is 0 Å². The molecule has 5 aliphatic rings. The number of hydrogen-bond donors (Lipinski definition) is 0. The van der Waals surface area contributed by atoms with Crippen molar-refractivity contribution in [3.8, 4) is 0 Å². The van der Waals surface area contributed by atoms with E-state index >= 15 is 0 Å². The van der Waals surface area contributed by atoms with E-state index in [-0.39, 0.29) is 46.0 Å². The Morgan fingerprint density at radius 1 is 0.909 bits per heavy atom. The lowest BCUT2D eigenvalue weighted by atomic mass is 9.43. The van der Waals surface area contributed by atoms with Crippen molar-refractivity contribution in [2.24, 2.45) is 34.5 Å². The van der Waals surface area contributed by atoms with Crippen LogP contribution in [0.5, 0.6) is 0 Å². The summed E-state index contributed by atoms with van der Waals surface area (Å²) in [4.78, 5) is 14.2. The van der Waals surface area contributed by atoms with Crippen LogP contribution in [-0.4, -0.2) is 38.2 Å². The second-order valence-electron chi connectivity index (χ2n) is 14.7. The quantitative estimate of drug-likeness (QED) is 0.415. The molecule has 7 unspecified atom stereocenters. The Kier molecular flexibility index (Phi) is 5.48. The number of rotatable bonds is 2. The van der Waals surface area contributed by atoms with E-state index in [4.69, 9.17) is 13.9 Å². The molecule has 4 saturated carbocycles. The first-order valence-electron chi connectivity index (χ1n) is 13.7. The number of fused-ring (bicyclic) bond motifs is 8. The van der Waals surface area contributed by atoms with Crippen LogP contribution >= 0.6 is 0 Å². The van der Waals surface area contributed by atoms with E-state index in [0.717, 1.165) is 19.3 Å². The maximum absolute atomic E-state index is 14.2. The molecule has 1 aliphatic heterocycles. The van der Waals surface area contributed by atoms with Crippen LogP contribution < -0.4 is 0 Å². The second-order valence-corrected chi connectivity index (χ2v) is 19.4. The molecular weight excluding hydrogens is 428 g/mol. The van der Waals surface area contributed by atoms with Crippen LogP contribution in [0.4, 0.5) is 0 Å². The van der Waals surface area contributed by atoms with E-state index in [0.29, 0.717) is 24.0 Å². The van der Waals surface area contributed by atoms with Gasteiger partial charge in [0.15, 0.2) is 14.1 Å². The molecule has 5 fully saturated rings. The standard InChI is InChI=1S/C28H48O4Si/c1-25(2,3)33(8,9)32-20-14-13-17-21-22(19(29)16-28(17,20)7)27(6)15-11-10-12-18(27)23-24(21)31-26(4,5)30-23/h17-18,20-24H,10-16H2,1-9H3/t17?,18?,20?,21?,22?,23?,24?,27-,28-/m0/s1. The van der Waals surface area contributed by atoms with Crippen LogP contribution in [0.1, 0.15) is 93.4 Å². The predicted molar refractivity (Wildman–Crippen MR) is 133 cm³/mol. The maximum Gasteiger partial charge on any atom is 0.192 e. The highest BCUT2D eigenvalue weighted by Gasteiger charge is 2.70. The highest BCUT2D eigenvalue weighted by atomic mass is 28.4. The van der Waals surface area contributed by atoms with Gasteiger partial charge in [0.25, 0.3) is 0 Å². The summed E-state index contributed by atoms with van der Waals surface area (Å²) in [6.45, 7) is 20.6. The Morgan fingerprint density at radius 3 is 2.24 bits per heavy atom. The summed E-state index contributed by atoms with van der Waals surface area (Å²) in [6, 6.07) is 0. The van der Waals surface area contributed by atoms with Crippen LogP contribution in [0.25, 0.3) is 0 Å². The zero-order valence-corrected chi connectivity index (χ0v) is 23.6. The molecule has 0 aromatic heterocycles. The molecule has 0 aromatic carbocycles. The Bertz CT molecular complexity index is 815. The highest BCUT2D eigenvalue weighted by Crippen LogP contribution is 2.68. The SMILES string of the molecule is CC1(C)OC2C(O1)C1CCCC[C@]1(C)C1C(=O)C[C@]3(C)C(O[Si](C)(C)C(C)(C)C)CCC3C21. The molecule has 1 heterocycles. The zero-order valence-electron chi connectivity index (χ0n) is 22.6. The summed E-state index contributed by atoms with van der Waals surface area (Å²) in [5, 5.41) is 0.174. The summed E-state index contributed by atoms with van der Waals surface area (Å²) in [5.74, 6) is 1.22. The summed E-state index contributed by atoms with van der Waals surface area (Å²) >= 11 is 0. The van der Waals surface area contributed by atoms with Crippen LogP contribution in [-0.2, 0) is 18.7 Å². The molecule has 0 bridgehead atoms. The molecule has 9 atom stereocenters. The molecule has 0 amide bonds. The fourth-order valence-corrected chi connectivity index (χ4v) is 10.2. The van der Waals surface area contributed by atoms with Crippen LogP contribution in [0, 0.1) is 34.5 Å². The predicted octanol–water partition coefficient (Wildman–Crippen LogP) is 6.73. The van der Waals surface area contributed by atoms with Crippen LogP contribution in [0.2, 0.25) is 18.1 Å². The molecule has 33 heavy (non-hydrogen) atoms. The van der Waals surface area contributed by atoms with Gasteiger partial charge in [-0.25, -0.2) is 0 Å². The molecule has 188 valence electrons. The summed E-state index contributed by atoms with van der Waals surface area (Å²) < 4.78 is 20.4. The molecular formula is C28H48O4Si. The monoisotopic (exact) mass is 476 g/mol. The molecule has 1 saturated heterocycles. The minimum absolute atomic E-state index is 0.0429. The normalized spacial score (nSPS) is 49.2. The first-order chi connectivity index (χ1) is 15.1. The summed E-state index contributed by atoms with van der Waals surface area (Å²) in [5.41, 5.74) is -0.0447. The Hall–Kier alpha value is -0.233. The first kappa shape index (κ1) is 24.5. The van der Waals surface area contributed by atoms with Gasteiger partial charge < -0.3 is 13.9 Å². The Morgan fingerprint density at radius 2 is 1.58 bits per heavy atom. The molecule has 0 radical (unpaired) electrons. The molecule has 5 rings (SSSR count). The van der Waals surface area contributed by atoms with Crippen molar-refractivity contribution in [2.45, 2.75) is 136 Å². The molecule has 0 spiro atoms. The lowest BCUT2D eigenvalue weighted by Crippen LogP contribution is -2.65. The number of hydrogen-bond acceptors (Lipinski definition) is 4. The van der Waals surface area contributed by atoms with Crippen molar-refractivity contribution in [3.05, 3.63) is 0 Å². The van der Waals surface area contributed by atoms with Gasteiger partial charge >= 0.3 is 0 Å². The average molecular weight is 477 g/mol. The largest absolute Gasteiger partial charge is 0.413 e. The van der Waals surface area contributed by atoms with Crippen molar-refractivity contribution >= 4 is 14.1 Å². The smallest absolute Gasteiger partial charge is 0.192 e. The van der Waals surface area contributed by atoms with Crippen LogP contribution in [0.3, 0.4) is 0 Å². The molecule has 5 heteroatoms. The third-order valence-corrected chi connectivity index (χ3v) is 15.8. The number of ether oxygens (including phenoxy) is 2. The van der Waals surface area contributed by atoms with Gasteiger partial charge in [0.2, 0.25) is 0 Å². The van der Waals surface area contributed by atoms with Gasteiger partial charge in [-0.1, -0.05) is 47.5 Å². The van der Waals surface area contributed by atoms with Crippen molar-refractivity contribution < 1.29 is 18.7 Å². The minimum atomic E-state index is -1.92. The maximum atomic E-state index is 14.2. The highest BCUT2D eigenvalue weighted by molar-refractivity contribution is 6.74. The molecule has 4 nitrogen and oxygen atoms in total. The number of ketones is 1. The van der Waals surface area contributed by atoms with E-state index in [1.54, 1.807) is 0 Å². The van der Waals surface area contributed by atoms with Gasteiger partial charge in [-0.15, -0.1) is 0 Å².